The van der Waals surface area contributed by atoms with Gasteiger partial charge in [0.2, 0.25) is 0 Å². The second kappa shape index (κ2) is 10.2. The Morgan fingerprint density at radius 3 is 2.83 bits per heavy atom. The van der Waals surface area contributed by atoms with E-state index >= 15 is 0 Å². The molecule has 0 bridgehead atoms. The fraction of sp³-hybridized carbons (Fsp3) is 0.478. The molecule has 1 aliphatic rings. The van der Waals surface area contributed by atoms with E-state index in [1.165, 1.54) is 0 Å². The summed E-state index contributed by atoms with van der Waals surface area (Å²) in [6.45, 7) is 10.7. The van der Waals surface area contributed by atoms with Gasteiger partial charge in [0.1, 0.15) is 0 Å². The van der Waals surface area contributed by atoms with Gasteiger partial charge < -0.3 is 10.1 Å². The number of benzene rings is 1. The summed E-state index contributed by atoms with van der Waals surface area (Å²) in [5.74, 6) is 0. The van der Waals surface area contributed by atoms with E-state index in [9.17, 15) is 0 Å². The molecule has 29 heavy (non-hydrogen) atoms. The van der Waals surface area contributed by atoms with Gasteiger partial charge in [-0.1, -0.05) is 29.8 Å². The smallest absolute Gasteiger partial charge is 0.0658 e. The van der Waals surface area contributed by atoms with E-state index in [0.29, 0.717) is 0 Å². The van der Waals surface area contributed by atoms with Crippen LogP contribution < -0.4 is 5.32 Å². The molecule has 0 aliphatic carbocycles. The lowest BCUT2D eigenvalue weighted by atomic mass is 10.0. The van der Waals surface area contributed by atoms with E-state index in [-0.39, 0.29) is 6.04 Å². The monoisotopic (exact) mass is 414 g/mol. The second-order valence-electron chi connectivity index (χ2n) is 7.41. The summed E-state index contributed by atoms with van der Waals surface area (Å²) in [5, 5.41) is 6.52. The lowest BCUT2D eigenvalue weighted by molar-refractivity contribution is 0.0384. The summed E-state index contributed by atoms with van der Waals surface area (Å²) < 4.78 is 5.47. The van der Waals surface area contributed by atoms with Crippen LogP contribution in [0.3, 0.4) is 0 Å². The third-order valence-electron chi connectivity index (χ3n) is 5.50. The van der Waals surface area contributed by atoms with Gasteiger partial charge in [-0.05, 0) is 38.3 Å². The van der Waals surface area contributed by atoms with E-state index in [4.69, 9.17) is 21.3 Å². The van der Waals surface area contributed by atoms with Gasteiger partial charge in [-0.25, -0.2) is 0 Å². The molecule has 1 atom stereocenters. The topological polar surface area (TPSA) is 49.8 Å². The fourth-order valence-corrected chi connectivity index (χ4v) is 3.98. The SMILES string of the molecule is C/C=C(/N[C@@H](C)c1cc2cccc(Cl)c2c(CCN2CCOCC2)n1)C(C)=NC. The van der Waals surface area contributed by atoms with Crippen LogP contribution in [-0.2, 0) is 11.2 Å². The van der Waals surface area contributed by atoms with Crippen molar-refractivity contribution in [1.82, 2.24) is 15.2 Å². The summed E-state index contributed by atoms with van der Waals surface area (Å²) in [6.07, 6.45) is 2.92. The van der Waals surface area contributed by atoms with Crippen molar-refractivity contribution in [2.45, 2.75) is 33.2 Å². The first-order chi connectivity index (χ1) is 14.0. The number of ether oxygens (including phenoxy) is 1. The Labute approximate surface area is 178 Å². The van der Waals surface area contributed by atoms with Crippen LogP contribution in [0.4, 0.5) is 0 Å². The van der Waals surface area contributed by atoms with E-state index < -0.39 is 0 Å². The minimum absolute atomic E-state index is 0.0587. The molecule has 1 N–H and O–H groups in total. The molecule has 3 rings (SSSR count). The maximum atomic E-state index is 6.57. The maximum Gasteiger partial charge on any atom is 0.0658 e. The molecule has 1 aliphatic heterocycles. The predicted octanol–water partition coefficient (Wildman–Crippen LogP) is 4.41. The van der Waals surface area contributed by atoms with Crippen molar-refractivity contribution in [2.75, 3.05) is 39.9 Å². The maximum absolute atomic E-state index is 6.57. The van der Waals surface area contributed by atoms with Crippen LogP contribution in [-0.4, -0.2) is 55.5 Å². The van der Waals surface area contributed by atoms with Crippen molar-refractivity contribution in [3.05, 3.63) is 52.4 Å². The normalized spacial score (nSPS) is 17.6. The lowest BCUT2D eigenvalue weighted by Crippen LogP contribution is -2.37. The van der Waals surface area contributed by atoms with Gasteiger partial charge >= 0.3 is 0 Å². The highest BCUT2D eigenvalue weighted by atomic mass is 35.5. The molecule has 2 heterocycles. The zero-order valence-electron chi connectivity index (χ0n) is 17.8. The summed E-state index contributed by atoms with van der Waals surface area (Å²) in [5.41, 5.74) is 4.09. The molecule has 0 radical (unpaired) electrons. The standard InChI is InChI=1S/C23H31ClN4O/c1-5-20(16(2)25-4)26-17(3)22-15-18-7-6-8-19(24)23(18)21(27-22)9-10-28-11-13-29-14-12-28/h5-8,15,17,26H,9-14H2,1-4H3/b20-5+,25-16?/t17-/m0/s1. The molecule has 156 valence electrons. The highest BCUT2D eigenvalue weighted by Gasteiger charge is 2.17. The largest absolute Gasteiger partial charge is 0.379 e. The summed E-state index contributed by atoms with van der Waals surface area (Å²) >= 11 is 6.57. The van der Waals surface area contributed by atoms with Crippen molar-refractivity contribution >= 4 is 28.1 Å². The summed E-state index contributed by atoms with van der Waals surface area (Å²) in [6, 6.07) is 8.27. The van der Waals surface area contributed by atoms with Crippen molar-refractivity contribution < 1.29 is 4.74 Å². The molecular formula is C23H31ClN4O. The molecule has 0 saturated carbocycles. The van der Waals surface area contributed by atoms with E-state index in [1.54, 1.807) is 0 Å². The quantitative estimate of drug-likeness (QED) is 0.682. The van der Waals surface area contributed by atoms with Crippen LogP contribution in [0.2, 0.25) is 5.02 Å². The van der Waals surface area contributed by atoms with Crippen LogP contribution >= 0.6 is 11.6 Å². The molecule has 0 unspecified atom stereocenters. The van der Waals surface area contributed by atoms with Gasteiger partial charge in [-0.2, -0.15) is 0 Å². The Bertz CT molecular complexity index is 903. The van der Waals surface area contributed by atoms with Gasteiger partial charge in [0, 0.05) is 38.5 Å². The number of halogens is 1. The number of aliphatic imine (C=N–C) groups is 1. The Balaban J connectivity index is 1.90. The number of rotatable bonds is 7. The number of allylic oxidation sites excluding steroid dienone is 2. The van der Waals surface area contributed by atoms with Crippen molar-refractivity contribution in [1.29, 1.82) is 0 Å². The number of nitrogens with zero attached hydrogens (tertiary/aromatic N) is 3. The average molecular weight is 415 g/mol. The second-order valence-corrected chi connectivity index (χ2v) is 7.82. The molecule has 1 fully saturated rings. The van der Waals surface area contributed by atoms with Crippen LogP contribution in [0.5, 0.6) is 0 Å². The van der Waals surface area contributed by atoms with Gasteiger partial charge in [-0.3, -0.25) is 14.9 Å². The zero-order chi connectivity index (χ0) is 20.8. The molecule has 6 heteroatoms. The molecule has 0 amide bonds. The number of fused-ring (bicyclic) bond motifs is 1. The van der Waals surface area contributed by atoms with Crippen LogP contribution in [0.1, 0.15) is 38.2 Å². The van der Waals surface area contributed by atoms with Crippen molar-refractivity contribution in [3.63, 3.8) is 0 Å². The van der Waals surface area contributed by atoms with Crippen molar-refractivity contribution in [2.24, 2.45) is 4.99 Å². The zero-order valence-corrected chi connectivity index (χ0v) is 18.6. The summed E-state index contributed by atoms with van der Waals surface area (Å²) in [4.78, 5) is 11.8. The first-order valence-electron chi connectivity index (χ1n) is 10.3. The summed E-state index contributed by atoms with van der Waals surface area (Å²) in [7, 11) is 1.81. The Hall–Kier alpha value is -1.95. The van der Waals surface area contributed by atoms with Gasteiger partial charge in [0.25, 0.3) is 0 Å². The number of nitrogens with one attached hydrogen (secondary N) is 1. The first-order valence-corrected chi connectivity index (χ1v) is 10.7. The molecular weight excluding hydrogens is 384 g/mol. The molecule has 1 aromatic carbocycles. The number of morpholine rings is 1. The van der Waals surface area contributed by atoms with Crippen LogP contribution in [0, 0.1) is 0 Å². The molecule has 5 nitrogen and oxygen atoms in total. The van der Waals surface area contributed by atoms with E-state index in [0.717, 1.165) is 77.9 Å². The molecule has 2 aromatic rings. The first kappa shape index (κ1) is 21.8. The Kier molecular flexibility index (Phi) is 7.64. The molecule has 1 saturated heterocycles. The fourth-order valence-electron chi connectivity index (χ4n) is 3.68. The number of hydrogen-bond donors (Lipinski definition) is 1. The highest BCUT2D eigenvalue weighted by Crippen LogP contribution is 2.29. The average Bonchev–Trinajstić information content (AvgIpc) is 2.75. The predicted molar refractivity (Wildman–Crippen MR) is 122 cm³/mol. The molecule has 0 spiro atoms. The minimum atomic E-state index is 0.0587. The van der Waals surface area contributed by atoms with E-state index in [2.05, 4.69) is 40.3 Å². The highest BCUT2D eigenvalue weighted by molar-refractivity contribution is 6.35. The lowest BCUT2D eigenvalue weighted by Gasteiger charge is -2.26. The van der Waals surface area contributed by atoms with Crippen molar-refractivity contribution in [3.8, 4) is 0 Å². The third-order valence-corrected chi connectivity index (χ3v) is 5.81. The number of aromatic nitrogens is 1. The minimum Gasteiger partial charge on any atom is -0.379 e. The van der Waals surface area contributed by atoms with Gasteiger partial charge in [0.05, 0.1) is 47.1 Å². The van der Waals surface area contributed by atoms with Gasteiger partial charge in [-0.15, -0.1) is 0 Å². The van der Waals surface area contributed by atoms with E-state index in [1.807, 2.05) is 33.0 Å². The third kappa shape index (κ3) is 5.35. The number of pyridine rings is 1. The van der Waals surface area contributed by atoms with Gasteiger partial charge in [0.15, 0.2) is 0 Å². The Morgan fingerprint density at radius 1 is 1.38 bits per heavy atom. The van der Waals surface area contributed by atoms with Crippen LogP contribution in [0.25, 0.3) is 10.8 Å². The van der Waals surface area contributed by atoms with Crippen LogP contribution in [0.15, 0.2) is 41.0 Å². The Morgan fingerprint density at radius 2 is 2.14 bits per heavy atom. The molecule has 1 aromatic heterocycles. The number of hydrogen-bond acceptors (Lipinski definition) is 5.